The fourth-order valence-electron chi connectivity index (χ4n) is 3.56. The number of ether oxygens (including phenoxy) is 1. The highest BCUT2D eigenvalue weighted by Gasteiger charge is 2.24. The predicted molar refractivity (Wildman–Crippen MR) is 109 cm³/mol. The van der Waals surface area contributed by atoms with Crippen LogP contribution in [-0.4, -0.2) is 31.6 Å². The lowest BCUT2D eigenvalue weighted by molar-refractivity contribution is 0.402. The lowest BCUT2D eigenvalue weighted by atomic mass is 9.97. The Hall–Kier alpha value is -3.36. The maximum atomic E-state index is 14.4. The minimum Gasteiger partial charge on any atom is -0.491 e. The average molecular weight is 413 g/mol. The Morgan fingerprint density at radius 2 is 1.90 bits per heavy atom. The van der Waals surface area contributed by atoms with Gasteiger partial charge in [0.15, 0.2) is 28.7 Å². The summed E-state index contributed by atoms with van der Waals surface area (Å²) >= 11 is 0. The standard InChI is InChI=1S/C21H21F2N5O2/c1-10(2)11(3)19-27-18-20(25-8-7-24-18)28(19)9-13-12-5-6-14(22)15(23)16(12)26-21(29)17(13)30-4/h5-8,10-11H,9H2,1-4H3,(H,26,29). The van der Waals surface area contributed by atoms with E-state index in [1.807, 2.05) is 11.5 Å². The third-order valence-corrected chi connectivity index (χ3v) is 5.48. The number of methoxy groups -OCH3 is 1. The fourth-order valence-corrected chi connectivity index (χ4v) is 3.56. The van der Waals surface area contributed by atoms with E-state index in [1.165, 1.54) is 13.2 Å². The second-order valence-electron chi connectivity index (χ2n) is 7.54. The van der Waals surface area contributed by atoms with E-state index < -0.39 is 17.2 Å². The Kier molecular flexibility index (Phi) is 4.97. The number of benzene rings is 1. The SMILES string of the molecule is COc1c(Cn2c(C(C)C(C)C)nc3nccnc32)c2ccc(F)c(F)c2[nH]c1=O. The van der Waals surface area contributed by atoms with E-state index in [2.05, 4.69) is 33.8 Å². The Bertz CT molecular complexity index is 1310. The molecule has 1 aromatic carbocycles. The molecule has 0 spiro atoms. The molecule has 7 nitrogen and oxygen atoms in total. The Morgan fingerprint density at radius 1 is 1.17 bits per heavy atom. The molecule has 4 aromatic rings. The van der Waals surface area contributed by atoms with Gasteiger partial charge in [-0.2, -0.15) is 0 Å². The number of fused-ring (bicyclic) bond motifs is 2. The highest BCUT2D eigenvalue weighted by Crippen LogP contribution is 2.31. The lowest BCUT2D eigenvalue weighted by Gasteiger charge is -2.19. The highest BCUT2D eigenvalue weighted by atomic mass is 19.2. The van der Waals surface area contributed by atoms with Gasteiger partial charge in [0, 0.05) is 29.3 Å². The zero-order valence-corrected chi connectivity index (χ0v) is 17.0. The number of hydrogen-bond donors (Lipinski definition) is 1. The molecule has 3 heterocycles. The highest BCUT2D eigenvalue weighted by molar-refractivity contribution is 5.85. The van der Waals surface area contributed by atoms with Gasteiger partial charge in [-0.3, -0.25) is 4.79 Å². The number of rotatable bonds is 5. The zero-order chi connectivity index (χ0) is 21.6. The predicted octanol–water partition coefficient (Wildman–Crippen LogP) is 3.76. The maximum absolute atomic E-state index is 14.4. The lowest BCUT2D eigenvalue weighted by Crippen LogP contribution is -2.18. The second kappa shape index (κ2) is 7.47. The molecule has 1 atom stereocenters. The summed E-state index contributed by atoms with van der Waals surface area (Å²) in [5, 5.41) is 0.347. The number of halogens is 2. The number of aromatic amines is 1. The van der Waals surface area contributed by atoms with Gasteiger partial charge in [-0.1, -0.05) is 20.8 Å². The molecule has 1 N–H and O–H groups in total. The van der Waals surface area contributed by atoms with E-state index in [0.29, 0.717) is 22.2 Å². The molecule has 4 rings (SSSR count). The molecule has 0 saturated carbocycles. The van der Waals surface area contributed by atoms with Crippen LogP contribution in [0.15, 0.2) is 29.3 Å². The van der Waals surface area contributed by atoms with Gasteiger partial charge in [-0.15, -0.1) is 0 Å². The first-order valence-electron chi connectivity index (χ1n) is 9.57. The van der Waals surface area contributed by atoms with Gasteiger partial charge in [0.2, 0.25) is 0 Å². The van der Waals surface area contributed by atoms with Crippen molar-refractivity contribution < 1.29 is 13.5 Å². The van der Waals surface area contributed by atoms with Crippen molar-refractivity contribution in [2.75, 3.05) is 7.11 Å². The monoisotopic (exact) mass is 413 g/mol. The Balaban J connectivity index is 2.02. The molecule has 0 bridgehead atoms. The molecule has 0 aliphatic heterocycles. The number of pyridine rings is 1. The van der Waals surface area contributed by atoms with Crippen molar-refractivity contribution in [2.45, 2.75) is 33.2 Å². The van der Waals surface area contributed by atoms with Crippen LogP contribution in [0.2, 0.25) is 0 Å². The quantitative estimate of drug-likeness (QED) is 0.538. The van der Waals surface area contributed by atoms with Gasteiger partial charge in [0.1, 0.15) is 5.82 Å². The van der Waals surface area contributed by atoms with Crippen LogP contribution in [0.4, 0.5) is 8.78 Å². The summed E-state index contributed by atoms with van der Waals surface area (Å²) in [4.78, 5) is 28.3. The molecule has 156 valence electrons. The summed E-state index contributed by atoms with van der Waals surface area (Å²) in [6.45, 7) is 6.34. The van der Waals surface area contributed by atoms with Crippen molar-refractivity contribution in [3.05, 3.63) is 57.9 Å². The summed E-state index contributed by atoms with van der Waals surface area (Å²) in [5.41, 5.74) is 0.587. The van der Waals surface area contributed by atoms with Gasteiger partial charge in [0.25, 0.3) is 5.56 Å². The number of hydrogen-bond acceptors (Lipinski definition) is 5. The van der Waals surface area contributed by atoms with Crippen LogP contribution in [0, 0.1) is 17.6 Å². The number of aromatic nitrogens is 5. The first-order chi connectivity index (χ1) is 14.3. The topological polar surface area (TPSA) is 85.7 Å². The van der Waals surface area contributed by atoms with E-state index in [4.69, 9.17) is 4.74 Å². The molecular formula is C21H21F2N5O2. The Morgan fingerprint density at radius 3 is 2.60 bits per heavy atom. The molecule has 0 saturated heterocycles. The van der Waals surface area contributed by atoms with Crippen LogP contribution in [-0.2, 0) is 6.54 Å². The third kappa shape index (κ3) is 3.10. The van der Waals surface area contributed by atoms with E-state index in [9.17, 15) is 13.6 Å². The molecule has 1 unspecified atom stereocenters. The number of H-pyrrole nitrogens is 1. The second-order valence-corrected chi connectivity index (χ2v) is 7.54. The smallest absolute Gasteiger partial charge is 0.291 e. The number of imidazole rings is 1. The van der Waals surface area contributed by atoms with Crippen LogP contribution in [0.5, 0.6) is 5.75 Å². The summed E-state index contributed by atoms with van der Waals surface area (Å²) in [7, 11) is 1.36. The first-order valence-corrected chi connectivity index (χ1v) is 9.57. The Labute approximate surface area is 170 Å². The van der Waals surface area contributed by atoms with Crippen molar-refractivity contribution in [2.24, 2.45) is 5.92 Å². The normalized spacial score (nSPS) is 12.8. The van der Waals surface area contributed by atoms with Crippen molar-refractivity contribution in [1.82, 2.24) is 24.5 Å². The zero-order valence-electron chi connectivity index (χ0n) is 17.0. The molecule has 30 heavy (non-hydrogen) atoms. The van der Waals surface area contributed by atoms with Crippen LogP contribution < -0.4 is 10.3 Å². The molecule has 0 amide bonds. The number of nitrogens with one attached hydrogen (secondary N) is 1. The minimum atomic E-state index is -1.11. The molecule has 3 aromatic heterocycles. The van der Waals surface area contributed by atoms with Crippen molar-refractivity contribution in [3.63, 3.8) is 0 Å². The van der Waals surface area contributed by atoms with Gasteiger partial charge in [-0.05, 0) is 18.1 Å². The third-order valence-electron chi connectivity index (χ3n) is 5.48. The van der Waals surface area contributed by atoms with Crippen LogP contribution in [0.25, 0.3) is 22.2 Å². The van der Waals surface area contributed by atoms with Crippen LogP contribution in [0.1, 0.15) is 38.1 Å². The fraction of sp³-hybridized carbons (Fsp3) is 0.333. The molecule has 9 heteroatoms. The van der Waals surface area contributed by atoms with Gasteiger partial charge in [0.05, 0.1) is 19.2 Å². The van der Waals surface area contributed by atoms with E-state index >= 15 is 0 Å². The molecular weight excluding hydrogens is 392 g/mol. The minimum absolute atomic E-state index is 0.0300. The first kappa shape index (κ1) is 19.9. The van der Waals surface area contributed by atoms with Gasteiger partial charge < -0.3 is 14.3 Å². The largest absolute Gasteiger partial charge is 0.491 e. The number of nitrogens with zero attached hydrogens (tertiary/aromatic N) is 4. The summed E-state index contributed by atoms with van der Waals surface area (Å²) < 4.78 is 35.4. The molecule has 0 radical (unpaired) electrons. The average Bonchev–Trinajstić information content (AvgIpc) is 3.09. The van der Waals surface area contributed by atoms with Crippen molar-refractivity contribution >= 4 is 22.2 Å². The van der Waals surface area contributed by atoms with E-state index in [1.54, 1.807) is 12.4 Å². The van der Waals surface area contributed by atoms with Gasteiger partial charge >= 0.3 is 0 Å². The van der Waals surface area contributed by atoms with Crippen molar-refractivity contribution in [3.8, 4) is 5.75 Å². The molecule has 0 fully saturated rings. The molecule has 0 aliphatic carbocycles. The summed E-state index contributed by atoms with van der Waals surface area (Å²) in [5.74, 6) is -1.03. The van der Waals surface area contributed by atoms with Crippen LogP contribution in [0.3, 0.4) is 0 Å². The maximum Gasteiger partial charge on any atom is 0.291 e. The van der Waals surface area contributed by atoms with E-state index in [-0.39, 0.29) is 29.6 Å². The summed E-state index contributed by atoms with van der Waals surface area (Å²) in [6, 6.07) is 2.46. The van der Waals surface area contributed by atoms with E-state index in [0.717, 1.165) is 11.9 Å². The molecule has 0 aliphatic rings. The van der Waals surface area contributed by atoms with Crippen molar-refractivity contribution in [1.29, 1.82) is 0 Å². The summed E-state index contributed by atoms with van der Waals surface area (Å²) in [6.07, 6.45) is 3.12. The van der Waals surface area contributed by atoms with Gasteiger partial charge in [-0.25, -0.2) is 23.7 Å². The van der Waals surface area contributed by atoms with Crippen LogP contribution >= 0.6 is 0 Å².